The SMILES string of the molecule is CCCC(C)NC(=O)c1cccc(S(=O)(=O)N(C)c2c(C)n(C)n(-c3ccccc3)c2=O)c1. The van der Waals surface area contributed by atoms with E-state index >= 15 is 0 Å². The van der Waals surface area contributed by atoms with Crippen molar-refractivity contribution in [2.45, 2.75) is 44.6 Å². The van der Waals surface area contributed by atoms with Crippen molar-refractivity contribution in [3.8, 4) is 5.69 Å². The van der Waals surface area contributed by atoms with Crippen molar-refractivity contribution in [2.75, 3.05) is 11.4 Å². The summed E-state index contributed by atoms with van der Waals surface area (Å²) in [5, 5.41) is 2.88. The van der Waals surface area contributed by atoms with Crippen LogP contribution in [0.25, 0.3) is 5.69 Å². The number of nitrogens with one attached hydrogen (secondary N) is 1. The van der Waals surface area contributed by atoms with E-state index in [9.17, 15) is 18.0 Å². The van der Waals surface area contributed by atoms with Gasteiger partial charge in [-0.3, -0.25) is 18.6 Å². The van der Waals surface area contributed by atoms with Gasteiger partial charge >= 0.3 is 0 Å². The highest BCUT2D eigenvalue weighted by Gasteiger charge is 2.29. The molecular formula is C24H30N4O4S. The van der Waals surface area contributed by atoms with Gasteiger partial charge in [-0.15, -0.1) is 0 Å². The predicted molar refractivity (Wildman–Crippen MR) is 130 cm³/mol. The van der Waals surface area contributed by atoms with Crippen LogP contribution >= 0.6 is 0 Å². The van der Waals surface area contributed by atoms with E-state index in [0.29, 0.717) is 11.4 Å². The Kier molecular flexibility index (Phi) is 7.12. The van der Waals surface area contributed by atoms with Gasteiger partial charge in [0.25, 0.3) is 21.5 Å². The Bertz CT molecular complexity index is 1310. The van der Waals surface area contributed by atoms with Crippen LogP contribution in [0.5, 0.6) is 0 Å². The smallest absolute Gasteiger partial charge is 0.296 e. The zero-order chi connectivity index (χ0) is 24.3. The molecule has 0 spiro atoms. The highest BCUT2D eigenvalue weighted by Crippen LogP contribution is 2.24. The minimum absolute atomic E-state index is 0.0196. The van der Waals surface area contributed by atoms with Gasteiger partial charge in [0.15, 0.2) is 0 Å². The molecule has 0 radical (unpaired) electrons. The van der Waals surface area contributed by atoms with Gasteiger partial charge in [-0.25, -0.2) is 13.1 Å². The lowest BCUT2D eigenvalue weighted by Gasteiger charge is -2.19. The highest BCUT2D eigenvalue weighted by molar-refractivity contribution is 7.92. The van der Waals surface area contributed by atoms with Crippen LogP contribution in [0.3, 0.4) is 0 Å². The molecule has 33 heavy (non-hydrogen) atoms. The minimum Gasteiger partial charge on any atom is -0.350 e. The molecule has 9 heteroatoms. The number of benzene rings is 2. The number of anilines is 1. The molecule has 0 bridgehead atoms. The first-order valence-electron chi connectivity index (χ1n) is 10.8. The molecule has 1 aromatic heterocycles. The van der Waals surface area contributed by atoms with Crippen molar-refractivity contribution in [3.05, 3.63) is 76.2 Å². The zero-order valence-corrected chi connectivity index (χ0v) is 20.4. The van der Waals surface area contributed by atoms with E-state index in [-0.39, 0.29) is 28.1 Å². The third kappa shape index (κ3) is 4.73. The van der Waals surface area contributed by atoms with Crippen LogP contribution in [-0.4, -0.2) is 36.8 Å². The molecule has 8 nitrogen and oxygen atoms in total. The molecule has 176 valence electrons. The van der Waals surface area contributed by atoms with Crippen molar-refractivity contribution in [1.29, 1.82) is 0 Å². The van der Waals surface area contributed by atoms with Crippen LogP contribution in [0.1, 0.15) is 42.7 Å². The van der Waals surface area contributed by atoms with Crippen molar-refractivity contribution in [2.24, 2.45) is 7.05 Å². The largest absolute Gasteiger partial charge is 0.350 e. The predicted octanol–water partition coefficient (Wildman–Crippen LogP) is 3.23. The van der Waals surface area contributed by atoms with Crippen LogP contribution in [0.15, 0.2) is 64.3 Å². The summed E-state index contributed by atoms with van der Waals surface area (Å²) in [6.07, 6.45) is 1.75. The third-order valence-electron chi connectivity index (χ3n) is 5.69. The number of carbonyl (C=O) groups excluding carboxylic acids is 1. The van der Waals surface area contributed by atoms with Gasteiger partial charge in [0, 0.05) is 25.7 Å². The van der Waals surface area contributed by atoms with Crippen LogP contribution in [0.4, 0.5) is 5.69 Å². The van der Waals surface area contributed by atoms with E-state index < -0.39 is 15.6 Å². The number of carbonyl (C=O) groups is 1. The van der Waals surface area contributed by atoms with Crippen molar-refractivity contribution in [3.63, 3.8) is 0 Å². The molecule has 1 N–H and O–H groups in total. The summed E-state index contributed by atoms with van der Waals surface area (Å²) in [5.74, 6) is -0.335. The van der Waals surface area contributed by atoms with Gasteiger partial charge < -0.3 is 5.32 Å². The van der Waals surface area contributed by atoms with E-state index in [2.05, 4.69) is 5.32 Å². The minimum atomic E-state index is -4.09. The molecule has 1 atom stereocenters. The average molecular weight is 471 g/mol. The summed E-state index contributed by atoms with van der Waals surface area (Å²) in [6.45, 7) is 5.63. The molecule has 1 unspecified atom stereocenters. The molecule has 2 aromatic carbocycles. The van der Waals surface area contributed by atoms with Crippen molar-refractivity contribution < 1.29 is 13.2 Å². The fraction of sp³-hybridized carbons (Fsp3) is 0.333. The molecule has 1 amide bonds. The summed E-state index contributed by atoms with van der Waals surface area (Å²) in [7, 11) is -1.03. The molecule has 0 saturated heterocycles. The molecule has 0 aliphatic rings. The van der Waals surface area contributed by atoms with Crippen molar-refractivity contribution in [1.82, 2.24) is 14.7 Å². The van der Waals surface area contributed by atoms with Crippen molar-refractivity contribution >= 4 is 21.6 Å². The van der Waals surface area contributed by atoms with Crippen LogP contribution in [0.2, 0.25) is 0 Å². The quantitative estimate of drug-likeness (QED) is 0.547. The number of hydrogen-bond donors (Lipinski definition) is 1. The summed E-state index contributed by atoms with van der Waals surface area (Å²) in [5.41, 5.74) is 0.975. The Morgan fingerprint density at radius 1 is 1.12 bits per heavy atom. The fourth-order valence-corrected chi connectivity index (χ4v) is 5.10. The number of hydrogen-bond acceptors (Lipinski definition) is 4. The standard InChI is InChI=1S/C24H30N4O4S/c1-6-11-17(2)25-23(29)19-12-10-15-21(16-19)33(31,32)27(5)22-18(3)26(4)28(24(22)30)20-13-8-7-9-14-20/h7-10,12-17H,6,11H2,1-5H3,(H,25,29). The summed E-state index contributed by atoms with van der Waals surface area (Å²) in [6, 6.07) is 14.9. The third-order valence-corrected chi connectivity index (χ3v) is 7.45. The molecule has 0 fully saturated rings. The Morgan fingerprint density at radius 2 is 1.79 bits per heavy atom. The van der Waals surface area contributed by atoms with E-state index in [1.54, 1.807) is 36.9 Å². The summed E-state index contributed by atoms with van der Waals surface area (Å²) in [4.78, 5) is 25.8. The lowest BCUT2D eigenvalue weighted by atomic mass is 10.1. The van der Waals surface area contributed by atoms with E-state index in [1.165, 1.54) is 29.9 Å². The molecule has 0 aliphatic heterocycles. The maximum Gasteiger partial charge on any atom is 0.296 e. The van der Waals surface area contributed by atoms with Crippen LogP contribution in [-0.2, 0) is 17.1 Å². The Labute approximate surface area is 194 Å². The van der Waals surface area contributed by atoms with Gasteiger partial charge in [0.05, 0.1) is 16.3 Å². The number of rotatable bonds is 8. The second kappa shape index (κ2) is 9.66. The van der Waals surface area contributed by atoms with Gasteiger partial charge in [-0.1, -0.05) is 37.6 Å². The number of amides is 1. The maximum atomic E-state index is 13.4. The number of para-hydroxylation sites is 1. The molecule has 3 aromatic rings. The van der Waals surface area contributed by atoms with Gasteiger partial charge in [0.1, 0.15) is 5.69 Å². The summed E-state index contributed by atoms with van der Waals surface area (Å²) >= 11 is 0. The lowest BCUT2D eigenvalue weighted by Crippen LogP contribution is -2.33. The topological polar surface area (TPSA) is 93.4 Å². The zero-order valence-electron chi connectivity index (χ0n) is 19.6. The molecule has 0 saturated carbocycles. The second-order valence-corrected chi connectivity index (χ2v) is 10.0. The highest BCUT2D eigenvalue weighted by atomic mass is 32.2. The van der Waals surface area contributed by atoms with Gasteiger partial charge in [-0.05, 0) is 50.6 Å². The van der Waals surface area contributed by atoms with E-state index in [1.807, 2.05) is 32.0 Å². The molecule has 1 heterocycles. The molecular weight excluding hydrogens is 440 g/mol. The number of sulfonamides is 1. The number of aromatic nitrogens is 2. The van der Waals surface area contributed by atoms with E-state index in [0.717, 1.165) is 17.1 Å². The second-order valence-electron chi connectivity index (χ2n) is 8.07. The van der Waals surface area contributed by atoms with Gasteiger partial charge in [0.2, 0.25) is 0 Å². The average Bonchev–Trinajstić information content (AvgIpc) is 3.02. The summed E-state index contributed by atoms with van der Waals surface area (Å²) < 4.78 is 30.9. The molecule has 3 rings (SSSR count). The normalized spacial score (nSPS) is 12.4. The van der Waals surface area contributed by atoms with Crippen LogP contribution < -0.4 is 15.2 Å². The Hall–Kier alpha value is -3.33. The first-order valence-corrected chi connectivity index (χ1v) is 12.3. The first kappa shape index (κ1) is 24.3. The Balaban J connectivity index is 2.00. The fourth-order valence-electron chi connectivity index (χ4n) is 3.81. The van der Waals surface area contributed by atoms with Crippen LogP contribution in [0, 0.1) is 6.92 Å². The Morgan fingerprint density at radius 3 is 2.42 bits per heavy atom. The van der Waals surface area contributed by atoms with E-state index in [4.69, 9.17) is 0 Å². The lowest BCUT2D eigenvalue weighted by molar-refractivity contribution is 0.0938. The monoisotopic (exact) mass is 470 g/mol. The van der Waals surface area contributed by atoms with Gasteiger partial charge in [-0.2, -0.15) is 0 Å². The number of nitrogens with zero attached hydrogens (tertiary/aromatic N) is 3. The maximum absolute atomic E-state index is 13.4. The molecule has 0 aliphatic carbocycles. The first-order chi connectivity index (χ1) is 15.6.